The number of aryl methyl sites for hydroxylation is 1. The molecule has 0 fully saturated rings. The molecule has 5 nitrogen and oxygen atoms in total. The maximum atomic E-state index is 4.44. The van der Waals surface area contributed by atoms with Gasteiger partial charge >= 0.3 is 0 Å². The zero-order chi connectivity index (χ0) is 11.4. The molecule has 2 aromatic rings. The van der Waals surface area contributed by atoms with Crippen LogP contribution in [0.1, 0.15) is 13.3 Å². The second kappa shape index (κ2) is 4.74. The first-order valence-corrected chi connectivity index (χ1v) is 5.35. The Morgan fingerprint density at radius 1 is 1.31 bits per heavy atom. The number of aromatic nitrogens is 4. The minimum atomic E-state index is 0.793. The predicted molar refractivity (Wildman–Crippen MR) is 63.0 cm³/mol. The highest BCUT2D eigenvalue weighted by Crippen LogP contribution is 2.14. The predicted octanol–water partition coefficient (Wildman–Crippen LogP) is 1.70. The second-order valence-corrected chi connectivity index (χ2v) is 3.59. The fourth-order valence-corrected chi connectivity index (χ4v) is 1.38. The third-order valence-corrected chi connectivity index (χ3v) is 2.17. The Labute approximate surface area is 94.5 Å². The lowest BCUT2D eigenvalue weighted by Crippen LogP contribution is -2.03. The number of nitrogens with zero attached hydrogens (tertiary/aromatic N) is 4. The summed E-state index contributed by atoms with van der Waals surface area (Å²) >= 11 is 0. The van der Waals surface area contributed by atoms with Gasteiger partial charge in [-0.15, -0.1) is 0 Å². The van der Waals surface area contributed by atoms with Crippen molar-refractivity contribution in [3.63, 3.8) is 0 Å². The van der Waals surface area contributed by atoms with E-state index in [0.29, 0.717) is 0 Å². The highest BCUT2D eigenvalue weighted by molar-refractivity contribution is 5.54. The summed E-state index contributed by atoms with van der Waals surface area (Å²) in [7, 11) is 1.89. The van der Waals surface area contributed by atoms with Crippen LogP contribution in [0, 0.1) is 0 Å². The van der Waals surface area contributed by atoms with Crippen LogP contribution >= 0.6 is 0 Å². The maximum absolute atomic E-state index is 4.44. The van der Waals surface area contributed by atoms with Crippen molar-refractivity contribution in [2.24, 2.45) is 7.05 Å². The molecule has 0 aliphatic heterocycles. The Kier molecular flexibility index (Phi) is 3.14. The molecular weight excluding hydrogens is 202 g/mol. The minimum absolute atomic E-state index is 0.793. The quantitative estimate of drug-likeness (QED) is 0.846. The molecule has 5 heteroatoms. The SMILES string of the molecule is CCCNc1cncc(-c2ccn(C)n2)n1. The Bertz CT molecular complexity index is 463. The van der Waals surface area contributed by atoms with Crippen LogP contribution in [0.3, 0.4) is 0 Å². The molecule has 0 aliphatic rings. The van der Waals surface area contributed by atoms with Gasteiger partial charge in [-0.05, 0) is 12.5 Å². The van der Waals surface area contributed by atoms with E-state index < -0.39 is 0 Å². The standard InChI is InChI=1S/C11H15N5/c1-3-5-13-11-8-12-7-10(14-11)9-4-6-16(2)15-9/h4,6-8H,3,5H2,1-2H3,(H,13,14). The Morgan fingerprint density at radius 3 is 2.88 bits per heavy atom. The zero-order valence-electron chi connectivity index (χ0n) is 9.51. The zero-order valence-corrected chi connectivity index (χ0v) is 9.51. The third kappa shape index (κ3) is 2.36. The van der Waals surface area contributed by atoms with Crippen LogP contribution in [0.15, 0.2) is 24.7 Å². The van der Waals surface area contributed by atoms with Crippen LogP contribution in [0.5, 0.6) is 0 Å². The summed E-state index contributed by atoms with van der Waals surface area (Å²) in [6.07, 6.45) is 6.40. The summed E-state index contributed by atoms with van der Waals surface area (Å²) in [5.41, 5.74) is 1.64. The van der Waals surface area contributed by atoms with Crippen LogP contribution in [0.2, 0.25) is 0 Å². The molecule has 0 unspecified atom stereocenters. The normalized spacial score (nSPS) is 10.4. The monoisotopic (exact) mass is 217 g/mol. The summed E-state index contributed by atoms with van der Waals surface area (Å²) in [6.45, 7) is 3.02. The number of hydrogen-bond acceptors (Lipinski definition) is 4. The molecular formula is C11H15N5. The lowest BCUT2D eigenvalue weighted by Gasteiger charge is -2.03. The number of anilines is 1. The fraction of sp³-hybridized carbons (Fsp3) is 0.364. The van der Waals surface area contributed by atoms with Gasteiger partial charge in [-0.2, -0.15) is 5.10 Å². The summed E-state index contributed by atoms with van der Waals surface area (Å²) in [5, 5.41) is 7.49. The number of rotatable bonds is 4. The number of hydrogen-bond donors (Lipinski definition) is 1. The van der Waals surface area contributed by atoms with Gasteiger partial charge in [-0.25, -0.2) is 4.98 Å². The van der Waals surface area contributed by atoms with Gasteiger partial charge in [0.25, 0.3) is 0 Å². The minimum Gasteiger partial charge on any atom is -0.369 e. The Hall–Kier alpha value is -1.91. The molecule has 2 rings (SSSR count). The summed E-state index contributed by atoms with van der Waals surface area (Å²) < 4.78 is 1.75. The Morgan fingerprint density at radius 2 is 2.19 bits per heavy atom. The topological polar surface area (TPSA) is 55.6 Å². The van der Waals surface area contributed by atoms with Crippen LogP contribution in [0.25, 0.3) is 11.4 Å². The van der Waals surface area contributed by atoms with Crippen molar-refractivity contribution in [1.29, 1.82) is 0 Å². The van der Waals surface area contributed by atoms with E-state index >= 15 is 0 Å². The summed E-state index contributed by atoms with van der Waals surface area (Å²) in [5.74, 6) is 0.796. The fourth-order valence-electron chi connectivity index (χ4n) is 1.38. The molecule has 2 heterocycles. The van der Waals surface area contributed by atoms with E-state index in [-0.39, 0.29) is 0 Å². The van der Waals surface area contributed by atoms with Crippen LogP contribution in [-0.2, 0) is 7.05 Å². The summed E-state index contributed by atoms with van der Waals surface area (Å²) in [4.78, 5) is 8.59. The van der Waals surface area contributed by atoms with Crippen molar-refractivity contribution >= 4 is 5.82 Å². The van der Waals surface area contributed by atoms with E-state index in [1.807, 2.05) is 19.3 Å². The Balaban J connectivity index is 2.22. The molecule has 84 valence electrons. The molecule has 0 aromatic carbocycles. The van der Waals surface area contributed by atoms with Crippen molar-refractivity contribution in [2.45, 2.75) is 13.3 Å². The van der Waals surface area contributed by atoms with Crippen molar-refractivity contribution in [1.82, 2.24) is 19.7 Å². The van der Waals surface area contributed by atoms with E-state index in [9.17, 15) is 0 Å². The van der Waals surface area contributed by atoms with Gasteiger partial charge in [0.15, 0.2) is 0 Å². The van der Waals surface area contributed by atoms with Gasteiger partial charge < -0.3 is 5.32 Å². The van der Waals surface area contributed by atoms with Crippen molar-refractivity contribution in [2.75, 3.05) is 11.9 Å². The van der Waals surface area contributed by atoms with Crippen molar-refractivity contribution in [3.05, 3.63) is 24.7 Å². The molecule has 0 saturated carbocycles. The van der Waals surface area contributed by atoms with E-state index in [1.165, 1.54) is 0 Å². The van der Waals surface area contributed by atoms with Gasteiger partial charge in [-0.3, -0.25) is 9.67 Å². The molecule has 16 heavy (non-hydrogen) atoms. The van der Waals surface area contributed by atoms with E-state index in [4.69, 9.17) is 0 Å². The van der Waals surface area contributed by atoms with E-state index in [1.54, 1.807) is 17.1 Å². The molecule has 0 atom stereocenters. The first kappa shape index (κ1) is 10.6. The van der Waals surface area contributed by atoms with Crippen molar-refractivity contribution in [3.8, 4) is 11.4 Å². The van der Waals surface area contributed by atoms with Crippen LogP contribution in [-0.4, -0.2) is 26.3 Å². The molecule has 2 aromatic heterocycles. The molecule has 0 saturated heterocycles. The van der Waals surface area contributed by atoms with E-state index in [2.05, 4.69) is 27.3 Å². The third-order valence-electron chi connectivity index (χ3n) is 2.17. The average molecular weight is 217 g/mol. The lowest BCUT2D eigenvalue weighted by molar-refractivity contribution is 0.769. The average Bonchev–Trinajstić information content (AvgIpc) is 2.74. The maximum Gasteiger partial charge on any atom is 0.145 e. The second-order valence-electron chi connectivity index (χ2n) is 3.59. The highest BCUT2D eigenvalue weighted by Gasteiger charge is 2.04. The first-order valence-electron chi connectivity index (χ1n) is 5.35. The number of nitrogens with one attached hydrogen (secondary N) is 1. The van der Waals surface area contributed by atoms with Gasteiger partial charge in [0, 0.05) is 19.8 Å². The first-order chi connectivity index (χ1) is 7.79. The van der Waals surface area contributed by atoms with Gasteiger partial charge in [0.05, 0.1) is 12.4 Å². The van der Waals surface area contributed by atoms with Crippen molar-refractivity contribution < 1.29 is 0 Å². The lowest BCUT2D eigenvalue weighted by atomic mass is 10.3. The largest absolute Gasteiger partial charge is 0.369 e. The molecule has 0 amide bonds. The van der Waals surface area contributed by atoms with Gasteiger partial charge in [0.2, 0.25) is 0 Å². The molecule has 0 radical (unpaired) electrons. The smallest absolute Gasteiger partial charge is 0.145 e. The van der Waals surface area contributed by atoms with Gasteiger partial charge in [0.1, 0.15) is 17.2 Å². The molecule has 0 spiro atoms. The van der Waals surface area contributed by atoms with Crippen LogP contribution in [0.4, 0.5) is 5.82 Å². The van der Waals surface area contributed by atoms with Crippen LogP contribution < -0.4 is 5.32 Å². The summed E-state index contributed by atoms with van der Waals surface area (Å²) in [6, 6.07) is 1.92. The molecule has 0 bridgehead atoms. The molecule has 1 N–H and O–H groups in total. The molecule has 0 aliphatic carbocycles. The van der Waals surface area contributed by atoms with E-state index in [0.717, 1.165) is 30.2 Å². The highest BCUT2D eigenvalue weighted by atomic mass is 15.3. The van der Waals surface area contributed by atoms with Gasteiger partial charge in [-0.1, -0.05) is 6.92 Å².